The van der Waals surface area contributed by atoms with Crippen molar-refractivity contribution in [3.63, 3.8) is 0 Å². The van der Waals surface area contributed by atoms with Gasteiger partial charge in [-0.1, -0.05) is 0 Å². The number of carboxylic acid groups (broad SMARTS) is 1. The van der Waals surface area contributed by atoms with Gasteiger partial charge in [0.05, 0.1) is 18.1 Å². The molecule has 0 saturated carbocycles. The summed E-state index contributed by atoms with van der Waals surface area (Å²) >= 11 is 0. The summed E-state index contributed by atoms with van der Waals surface area (Å²) in [4.78, 5) is 10.6. The molecule has 0 spiro atoms. The van der Waals surface area contributed by atoms with Crippen molar-refractivity contribution in [2.75, 3.05) is 5.32 Å². The highest BCUT2D eigenvalue weighted by Gasteiger charge is 2.10. The minimum atomic E-state index is -1.27. The Labute approximate surface area is 96.7 Å². The predicted octanol–water partition coefficient (Wildman–Crippen LogP) is 2.73. The second-order valence-electron chi connectivity index (χ2n) is 3.48. The van der Waals surface area contributed by atoms with E-state index in [1.807, 2.05) is 0 Å². The van der Waals surface area contributed by atoms with Crippen molar-refractivity contribution in [3.8, 4) is 0 Å². The third kappa shape index (κ3) is 2.63. The van der Waals surface area contributed by atoms with Gasteiger partial charge in [-0.3, -0.25) is 0 Å². The molecule has 17 heavy (non-hydrogen) atoms. The summed E-state index contributed by atoms with van der Waals surface area (Å²) in [6.45, 7) is 0.488. The van der Waals surface area contributed by atoms with Gasteiger partial charge in [0.15, 0.2) is 0 Å². The van der Waals surface area contributed by atoms with Crippen molar-refractivity contribution >= 4 is 11.7 Å². The van der Waals surface area contributed by atoms with Crippen molar-refractivity contribution in [1.82, 2.24) is 0 Å². The average molecular weight is 235 g/mol. The van der Waals surface area contributed by atoms with E-state index < -0.39 is 11.8 Å². The van der Waals surface area contributed by atoms with Crippen LogP contribution in [0.5, 0.6) is 0 Å². The fraction of sp³-hybridized carbons (Fsp3) is 0.0833. The third-order valence-electron chi connectivity index (χ3n) is 2.28. The molecular weight excluding hydrogens is 225 g/mol. The summed E-state index contributed by atoms with van der Waals surface area (Å²) in [6.07, 6.45) is 3.13. The highest BCUT2D eigenvalue weighted by molar-refractivity contribution is 5.88. The zero-order valence-corrected chi connectivity index (χ0v) is 8.81. The summed E-state index contributed by atoms with van der Waals surface area (Å²) in [7, 11) is 0. The number of aromatic carboxylic acids is 1. The van der Waals surface area contributed by atoms with Crippen LogP contribution in [0.4, 0.5) is 10.1 Å². The Morgan fingerprint density at radius 3 is 2.82 bits per heavy atom. The zero-order valence-electron chi connectivity index (χ0n) is 8.81. The minimum Gasteiger partial charge on any atom is -0.478 e. The Morgan fingerprint density at radius 2 is 2.24 bits per heavy atom. The molecule has 2 aromatic rings. The first-order valence-corrected chi connectivity index (χ1v) is 4.94. The van der Waals surface area contributed by atoms with Crippen molar-refractivity contribution < 1.29 is 18.7 Å². The number of nitrogens with one attached hydrogen (secondary N) is 1. The first-order chi connectivity index (χ1) is 8.16. The number of anilines is 1. The van der Waals surface area contributed by atoms with Crippen LogP contribution < -0.4 is 5.32 Å². The molecule has 1 heterocycles. The van der Waals surface area contributed by atoms with Crippen LogP contribution in [0.15, 0.2) is 41.2 Å². The molecule has 4 nitrogen and oxygen atoms in total. The molecular formula is C12H10FNO3. The van der Waals surface area contributed by atoms with E-state index in [9.17, 15) is 9.18 Å². The number of carbonyl (C=O) groups is 1. The lowest BCUT2D eigenvalue weighted by molar-refractivity contribution is 0.0692. The van der Waals surface area contributed by atoms with Crippen LogP contribution in [0.25, 0.3) is 0 Å². The van der Waals surface area contributed by atoms with E-state index in [1.165, 1.54) is 12.1 Å². The van der Waals surface area contributed by atoms with Gasteiger partial charge in [-0.15, -0.1) is 0 Å². The fourth-order valence-corrected chi connectivity index (χ4v) is 1.40. The SMILES string of the molecule is O=C(O)c1ccc(NCc2ccoc2)cc1F. The second-order valence-corrected chi connectivity index (χ2v) is 3.48. The molecule has 2 N–H and O–H groups in total. The number of rotatable bonds is 4. The Kier molecular flexibility index (Phi) is 3.09. The van der Waals surface area contributed by atoms with Crippen LogP contribution in [0, 0.1) is 5.82 Å². The topological polar surface area (TPSA) is 62.5 Å². The van der Waals surface area contributed by atoms with E-state index >= 15 is 0 Å². The molecule has 0 saturated heterocycles. The van der Waals surface area contributed by atoms with Gasteiger partial charge in [0.2, 0.25) is 0 Å². The van der Waals surface area contributed by atoms with Crippen LogP contribution in [0.3, 0.4) is 0 Å². The molecule has 0 bridgehead atoms. The summed E-state index contributed by atoms with van der Waals surface area (Å²) in [6, 6.07) is 5.69. The van der Waals surface area contributed by atoms with Crippen LogP contribution in [0.1, 0.15) is 15.9 Å². The molecule has 5 heteroatoms. The molecule has 0 aliphatic heterocycles. The number of carboxylic acids is 1. The van der Waals surface area contributed by atoms with Gasteiger partial charge in [-0.05, 0) is 24.3 Å². The van der Waals surface area contributed by atoms with Gasteiger partial charge < -0.3 is 14.8 Å². The van der Waals surface area contributed by atoms with Gasteiger partial charge in [0, 0.05) is 17.8 Å². The van der Waals surface area contributed by atoms with Gasteiger partial charge in [-0.25, -0.2) is 9.18 Å². The highest BCUT2D eigenvalue weighted by atomic mass is 19.1. The van der Waals surface area contributed by atoms with Gasteiger partial charge >= 0.3 is 5.97 Å². The third-order valence-corrected chi connectivity index (χ3v) is 2.28. The summed E-state index contributed by atoms with van der Waals surface area (Å²) in [5.74, 6) is -2.03. The largest absolute Gasteiger partial charge is 0.478 e. The number of hydrogen-bond donors (Lipinski definition) is 2. The lowest BCUT2D eigenvalue weighted by Gasteiger charge is -2.05. The molecule has 2 rings (SSSR count). The highest BCUT2D eigenvalue weighted by Crippen LogP contribution is 2.15. The van der Waals surface area contributed by atoms with Gasteiger partial charge in [-0.2, -0.15) is 0 Å². The van der Waals surface area contributed by atoms with Crippen LogP contribution in [0.2, 0.25) is 0 Å². The molecule has 88 valence electrons. The maximum atomic E-state index is 13.3. The molecule has 0 fully saturated rings. The lowest BCUT2D eigenvalue weighted by Crippen LogP contribution is -2.03. The van der Waals surface area contributed by atoms with Crippen LogP contribution in [-0.2, 0) is 6.54 Å². The van der Waals surface area contributed by atoms with E-state index in [4.69, 9.17) is 9.52 Å². The van der Waals surface area contributed by atoms with E-state index in [0.29, 0.717) is 12.2 Å². The Hall–Kier alpha value is -2.30. The predicted molar refractivity (Wildman–Crippen MR) is 59.4 cm³/mol. The zero-order chi connectivity index (χ0) is 12.3. The van der Waals surface area contributed by atoms with Crippen molar-refractivity contribution in [2.24, 2.45) is 0 Å². The Morgan fingerprint density at radius 1 is 1.41 bits per heavy atom. The molecule has 0 aliphatic carbocycles. The monoisotopic (exact) mass is 235 g/mol. The smallest absolute Gasteiger partial charge is 0.338 e. The van der Waals surface area contributed by atoms with E-state index in [-0.39, 0.29) is 5.56 Å². The number of furan rings is 1. The molecule has 1 aromatic heterocycles. The Bertz CT molecular complexity index is 523. The molecule has 0 radical (unpaired) electrons. The molecule has 0 unspecified atom stereocenters. The maximum absolute atomic E-state index is 13.3. The van der Waals surface area contributed by atoms with Crippen molar-refractivity contribution in [2.45, 2.75) is 6.54 Å². The van der Waals surface area contributed by atoms with Crippen molar-refractivity contribution in [1.29, 1.82) is 0 Å². The van der Waals surface area contributed by atoms with Crippen LogP contribution >= 0.6 is 0 Å². The summed E-state index contributed by atoms with van der Waals surface area (Å²) in [5.41, 5.74) is 1.11. The number of benzene rings is 1. The molecule has 1 aromatic carbocycles. The molecule has 0 aliphatic rings. The average Bonchev–Trinajstić information content (AvgIpc) is 2.78. The number of halogens is 1. The quantitative estimate of drug-likeness (QED) is 0.855. The normalized spacial score (nSPS) is 10.2. The lowest BCUT2D eigenvalue weighted by atomic mass is 10.2. The maximum Gasteiger partial charge on any atom is 0.338 e. The van der Waals surface area contributed by atoms with Gasteiger partial charge in [0.25, 0.3) is 0 Å². The molecule has 0 atom stereocenters. The van der Waals surface area contributed by atoms with E-state index in [0.717, 1.165) is 11.6 Å². The number of hydrogen-bond acceptors (Lipinski definition) is 3. The Balaban J connectivity index is 2.07. The summed E-state index contributed by atoms with van der Waals surface area (Å²) < 4.78 is 18.2. The standard InChI is InChI=1S/C12H10FNO3/c13-11-5-9(1-2-10(11)12(15)16)14-6-8-3-4-17-7-8/h1-5,7,14H,6H2,(H,15,16). The first-order valence-electron chi connectivity index (χ1n) is 4.94. The minimum absolute atomic E-state index is 0.334. The summed E-state index contributed by atoms with van der Waals surface area (Å²) in [5, 5.41) is 11.6. The van der Waals surface area contributed by atoms with Crippen molar-refractivity contribution in [3.05, 3.63) is 53.7 Å². The fourth-order valence-electron chi connectivity index (χ4n) is 1.40. The second kappa shape index (κ2) is 4.69. The van der Waals surface area contributed by atoms with Crippen LogP contribution in [-0.4, -0.2) is 11.1 Å². The van der Waals surface area contributed by atoms with E-state index in [2.05, 4.69) is 5.32 Å². The first kappa shape index (κ1) is 11.2. The van der Waals surface area contributed by atoms with Gasteiger partial charge in [0.1, 0.15) is 5.82 Å². The molecule has 0 amide bonds. The van der Waals surface area contributed by atoms with E-state index in [1.54, 1.807) is 18.6 Å².